The van der Waals surface area contributed by atoms with Gasteiger partial charge in [-0.1, -0.05) is 30.3 Å². The molecule has 0 fully saturated rings. The van der Waals surface area contributed by atoms with Gasteiger partial charge >= 0.3 is 0 Å². The fraction of sp³-hybridized carbons (Fsp3) is 0.133. The predicted octanol–water partition coefficient (Wildman–Crippen LogP) is 3.43. The maximum absolute atomic E-state index is 10.7. The molecule has 0 amide bonds. The van der Waals surface area contributed by atoms with Crippen molar-refractivity contribution in [2.45, 2.75) is 13.0 Å². The van der Waals surface area contributed by atoms with Crippen molar-refractivity contribution in [2.75, 3.05) is 10.5 Å². The molecular weight excluding hydrogens is 286 g/mol. The Labute approximate surface area is 128 Å². The Morgan fingerprint density at radius 1 is 1.14 bits per heavy atom. The maximum Gasteiger partial charge on any atom is 0.171 e. The van der Waals surface area contributed by atoms with Crippen LogP contribution >= 0.6 is 12.2 Å². The van der Waals surface area contributed by atoms with Gasteiger partial charge in [-0.3, -0.25) is 5.21 Å². The Balaban J connectivity index is 1.92. The average Bonchev–Trinajstić information content (AvgIpc) is 2.48. The SMILES string of the molecule is C[C@@H](NC(=S)Nc1ccc(N([O-])O)cc1)c1ccccc1. The van der Waals surface area contributed by atoms with Gasteiger partial charge in [0.2, 0.25) is 0 Å². The minimum atomic E-state index is -0.183. The van der Waals surface area contributed by atoms with Crippen LogP contribution in [-0.2, 0) is 0 Å². The van der Waals surface area contributed by atoms with Gasteiger partial charge in [0.05, 0.1) is 11.7 Å². The Kier molecular flexibility index (Phi) is 5.10. The van der Waals surface area contributed by atoms with E-state index in [0.29, 0.717) is 5.11 Å². The normalized spacial score (nSPS) is 11.6. The van der Waals surface area contributed by atoms with Crippen LogP contribution in [0.4, 0.5) is 11.4 Å². The zero-order valence-corrected chi connectivity index (χ0v) is 12.3. The van der Waals surface area contributed by atoms with E-state index < -0.39 is 0 Å². The van der Waals surface area contributed by atoms with Gasteiger partial charge in [0.15, 0.2) is 5.11 Å². The summed E-state index contributed by atoms with van der Waals surface area (Å²) in [6, 6.07) is 16.4. The Morgan fingerprint density at radius 3 is 2.33 bits per heavy atom. The lowest BCUT2D eigenvalue weighted by atomic mass is 10.1. The topological polar surface area (TPSA) is 70.6 Å². The summed E-state index contributed by atoms with van der Waals surface area (Å²) in [4.78, 5) is 0. The molecule has 110 valence electrons. The van der Waals surface area contributed by atoms with Crippen LogP contribution in [0, 0.1) is 5.21 Å². The highest BCUT2D eigenvalue weighted by molar-refractivity contribution is 7.80. The second-order valence-electron chi connectivity index (χ2n) is 4.55. The van der Waals surface area contributed by atoms with Crippen LogP contribution < -0.4 is 15.9 Å². The molecule has 0 unspecified atom stereocenters. The third-order valence-electron chi connectivity index (χ3n) is 2.99. The quantitative estimate of drug-likeness (QED) is 0.594. The average molecular weight is 302 g/mol. The first-order valence-corrected chi connectivity index (χ1v) is 6.86. The van der Waals surface area contributed by atoms with E-state index in [9.17, 15) is 5.21 Å². The number of hydrogen-bond acceptors (Lipinski definition) is 4. The van der Waals surface area contributed by atoms with E-state index in [0.717, 1.165) is 11.3 Å². The highest BCUT2D eigenvalue weighted by atomic mass is 32.1. The van der Waals surface area contributed by atoms with E-state index in [1.165, 1.54) is 12.1 Å². The molecule has 5 nitrogen and oxygen atoms in total. The molecule has 3 N–H and O–H groups in total. The van der Waals surface area contributed by atoms with Crippen LogP contribution in [0.25, 0.3) is 0 Å². The number of rotatable bonds is 4. The number of nitrogens with zero attached hydrogens (tertiary/aromatic N) is 1. The monoisotopic (exact) mass is 302 g/mol. The second-order valence-corrected chi connectivity index (χ2v) is 4.96. The molecule has 0 spiro atoms. The smallest absolute Gasteiger partial charge is 0.171 e. The zero-order valence-electron chi connectivity index (χ0n) is 11.5. The van der Waals surface area contributed by atoms with E-state index in [2.05, 4.69) is 10.6 Å². The van der Waals surface area contributed by atoms with E-state index in [1.807, 2.05) is 37.3 Å². The molecule has 6 heteroatoms. The molecule has 0 aliphatic heterocycles. The first-order valence-electron chi connectivity index (χ1n) is 6.45. The van der Waals surface area contributed by atoms with Gasteiger partial charge in [0, 0.05) is 5.69 Å². The van der Waals surface area contributed by atoms with Crippen LogP contribution in [0.2, 0.25) is 0 Å². The molecule has 0 heterocycles. The Morgan fingerprint density at radius 2 is 1.76 bits per heavy atom. The summed E-state index contributed by atoms with van der Waals surface area (Å²) in [6.07, 6.45) is 0. The van der Waals surface area contributed by atoms with Crippen LogP contribution in [0.3, 0.4) is 0 Å². The van der Waals surface area contributed by atoms with Crippen molar-refractivity contribution in [1.82, 2.24) is 5.32 Å². The lowest BCUT2D eigenvalue weighted by Crippen LogP contribution is -2.30. The Hall–Kier alpha value is -2.15. The van der Waals surface area contributed by atoms with Crippen LogP contribution in [0.15, 0.2) is 54.6 Å². The fourth-order valence-corrected chi connectivity index (χ4v) is 2.16. The van der Waals surface area contributed by atoms with Crippen molar-refractivity contribution in [2.24, 2.45) is 0 Å². The standard InChI is InChI=1S/C15H16N3O2S/c1-11(12-5-3-2-4-6-12)16-15(21)17-13-7-9-14(10-8-13)18(19)20/h2-11,19H,1H3,(H2,16,17,21)/q-1/t11-/m1/s1. The third-order valence-corrected chi connectivity index (χ3v) is 3.21. The summed E-state index contributed by atoms with van der Waals surface area (Å²) in [6.45, 7) is 2.02. The van der Waals surface area contributed by atoms with E-state index in [4.69, 9.17) is 17.4 Å². The first kappa shape index (κ1) is 15.2. The van der Waals surface area contributed by atoms with Gasteiger partial charge < -0.3 is 21.1 Å². The van der Waals surface area contributed by atoms with Crippen molar-refractivity contribution in [3.8, 4) is 0 Å². The number of thiocarbonyl (C=S) groups is 1. The van der Waals surface area contributed by atoms with Crippen LogP contribution in [0.1, 0.15) is 18.5 Å². The number of anilines is 2. The second kappa shape index (κ2) is 7.03. The summed E-state index contributed by atoms with van der Waals surface area (Å²) in [7, 11) is 0. The fourth-order valence-electron chi connectivity index (χ4n) is 1.86. The van der Waals surface area contributed by atoms with Crippen molar-refractivity contribution in [3.05, 3.63) is 65.4 Å². The first-order chi connectivity index (χ1) is 10.1. The van der Waals surface area contributed by atoms with E-state index >= 15 is 0 Å². The van der Waals surface area contributed by atoms with Gasteiger partial charge in [-0.05, 0) is 49.0 Å². The van der Waals surface area contributed by atoms with Gasteiger partial charge in [-0.2, -0.15) is 0 Å². The highest BCUT2D eigenvalue weighted by Gasteiger charge is 2.06. The van der Waals surface area contributed by atoms with Gasteiger partial charge in [-0.25, -0.2) is 0 Å². The van der Waals surface area contributed by atoms with Crippen molar-refractivity contribution < 1.29 is 5.21 Å². The summed E-state index contributed by atoms with van der Waals surface area (Å²) in [5, 5.41) is 26.0. The molecule has 0 bridgehead atoms. The molecule has 0 aliphatic rings. The Bertz CT molecular complexity index is 588. The molecule has 2 aromatic carbocycles. The number of hydrogen-bond donors (Lipinski definition) is 3. The molecule has 0 radical (unpaired) electrons. The summed E-state index contributed by atoms with van der Waals surface area (Å²) < 4.78 is 0. The van der Waals surface area contributed by atoms with Crippen molar-refractivity contribution in [1.29, 1.82) is 0 Å². The summed E-state index contributed by atoms with van der Waals surface area (Å²) in [5.41, 5.74) is 2.04. The zero-order chi connectivity index (χ0) is 15.2. The van der Waals surface area contributed by atoms with E-state index in [1.54, 1.807) is 12.1 Å². The summed E-state index contributed by atoms with van der Waals surface area (Å²) in [5.74, 6) is 0. The predicted molar refractivity (Wildman–Crippen MR) is 88.3 cm³/mol. The number of nitrogens with one attached hydrogen (secondary N) is 2. The van der Waals surface area contributed by atoms with Crippen LogP contribution in [-0.4, -0.2) is 10.3 Å². The van der Waals surface area contributed by atoms with Gasteiger partial charge in [-0.15, -0.1) is 0 Å². The van der Waals surface area contributed by atoms with Gasteiger partial charge in [0.25, 0.3) is 0 Å². The molecule has 0 aliphatic carbocycles. The lowest BCUT2D eigenvalue weighted by molar-refractivity contribution is 0.296. The molecular formula is C15H16N3O2S-. The minimum Gasteiger partial charge on any atom is -0.733 e. The molecule has 2 rings (SSSR count). The molecule has 0 saturated heterocycles. The number of benzene rings is 2. The third kappa shape index (κ3) is 4.42. The minimum absolute atomic E-state index is 0.0834. The largest absolute Gasteiger partial charge is 0.733 e. The van der Waals surface area contributed by atoms with Crippen molar-refractivity contribution in [3.63, 3.8) is 0 Å². The van der Waals surface area contributed by atoms with E-state index in [-0.39, 0.29) is 17.0 Å². The highest BCUT2D eigenvalue weighted by Crippen LogP contribution is 2.16. The van der Waals surface area contributed by atoms with Gasteiger partial charge in [0.1, 0.15) is 0 Å². The molecule has 21 heavy (non-hydrogen) atoms. The van der Waals surface area contributed by atoms with Crippen LogP contribution in [0.5, 0.6) is 0 Å². The maximum atomic E-state index is 10.7. The molecule has 1 atom stereocenters. The molecule has 0 aromatic heterocycles. The van der Waals surface area contributed by atoms with Crippen molar-refractivity contribution >= 4 is 28.7 Å². The molecule has 0 saturated carbocycles. The molecule has 2 aromatic rings. The lowest BCUT2D eigenvalue weighted by Gasteiger charge is -2.22. The summed E-state index contributed by atoms with van der Waals surface area (Å²) >= 11 is 5.25.